The van der Waals surface area contributed by atoms with Crippen LogP contribution in [0.25, 0.3) is 22.0 Å². The van der Waals surface area contributed by atoms with E-state index in [-0.39, 0.29) is 13.0 Å². The summed E-state index contributed by atoms with van der Waals surface area (Å²) in [6.07, 6.45) is 2.74. The molecule has 9 nitrogen and oxygen atoms in total. The lowest BCUT2D eigenvalue weighted by molar-refractivity contribution is -0.131. The summed E-state index contributed by atoms with van der Waals surface area (Å²) in [5.74, 6) is -0.200. The number of nitrogens with zero attached hydrogens (tertiary/aromatic N) is 2. The van der Waals surface area contributed by atoms with Crippen LogP contribution in [0.2, 0.25) is 0 Å². The van der Waals surface area contributed by atoms with E-state index in [1.807, 2.05) is 42.5 Å². The Kier molecular flexibility index (Phi) is 7.17. The van der Waals surface area contributed by atoms with Crippen LogP contribution in [0.3, 0.4) is 0 Å². The number of amides is 1. The second-order valence-electron chi connectivity index (χ2n) is 7.73. The van der Waals surface area contributed by atoms with Crippen LogP contribution >= 0.6 is 0 Å². The zero-order valence-corrected chi connectivity index (χ0v) is 19.1. The molecule has 172 valence electrons. The Labute approximate surface area is 186 Å². The smallest absolute Gasteiger partial charge is 0.264 e. The number of aryl methyl sites for hydroxylation is 1. The van der Waals surface area contributed by atoms with Crippen LogP contribution in [0.15, 0.2) is 48.7 Å². The van der Waals surface area contributed by atoms with Crippen molar-refractivity contribution < 1.29 is 27.9 Å². The van der Waals surface area contributed by atoms with Crippen molar-refractivity contribution in [3.05, 3.63) is 48.7 Å². The first kappa shape index (κ1) is 23.7. The fraction of sp³-hybridized carbons (Fsp3) is 0.364. The summed E-state index contributed by atoms with van der Waals surface area (Å²) in [7, 11) is -2.13. The van der Waals surface area contributed by atoms with Crippen LogP contribution in [0, 0.1) is 0 Å². The van der Waals surface area contributed by atoms with Crippen molar-refractivity contribution in [2.45, 2.75) is 24.6 Å². The van der Waals surface area contributed by atoms with Crippen molar-refractivity contribution in [1.29, 1.82) is 0 Å². The zero-order valence-electron chi connectivity index (χ0n) is 18.2. The average molecular weight is 462 g/mol. The zero-order chi connectivity index (χ0) is 23.4. The van der Waals surface area contributed by atoms with Gasteiger partial charge in [-0.25, -0.2) is 13.9 Å². The highest BCUT2D eigenvalue weighted by molar-refractivity contribution is 7.92. The first-order valence-corrected chi connectivity index (χ1v) is 11.9. The summed E-state index contributed by atoms with van der Waals surface area (Å²) in [5.41, 5.74) is 4.22. The van der Waals surface area contributed by atoms with Gasteiger partial charge >= 0.3 is 0 Å². The minimum absolute atomic E-state index is 0.0381. The highest BCUT2D eigenvalue weighted by Gasteiger charge is 2.43. The monoisotopic (exact) mass is 461 g/mol. The molecule has 2 N–H and O–H groups in total. The molecule has 0 aliphatic rings. The molecule has 0 bridgehead atoms. The van der Waals surface area contributed by atoms with Gasteiger partial charge in [0.1, 0.15) is 12.4 Å². The molecule has 3 aromatic rings. The van der Waals surface area contributed by atoms with Gasteiger partial charge in [-0.3, -0.25) is 14.7 Å². The number of sulfone groups is 1. The van der Waals surface area contributed by atoms with Gasteiger partial charge in [0.2, 0.25) is 0 Å². The van der Waals surface area contributed by atoms with E-state index in [0.717, 1.165) is 34.0 Å². The SMILES string of the molecule is COCCOc1ccc(-c2ccc3nn(CCC(C)(C(=O)NO)S(C)(=O)=O)cc3c2)cc1. The molecule has 2 aromatic carbocycles. The fourth-order valence-electron chi connectivity index (χ4n) is 3.27. The van der Waals surface area contributed by atoms with Crippen LogP contribution in [0.5, 0.6) is 5.75 Å². The molecule has 1 aromatic heterocycles. The molecule has 32 heavy (non-hydrogen) atoms. The summed E-state index contributed by atoms with van der Waals surface area (Å²) in [6, 6.07) is 13.6. The van der Waals surface area contributed by atoms with Crippen LogP contribution in [0.4, 0.5) is 0 Å². The molecule has 3 rings (SSSR count). The molecule has 1 unspecified atom stereocenters. The second kappa shape index (κ2) is 9.68. The Balaban J connectivity index is 1.77. The largest absolute Gasteiger partial charge is 0.491 e. The van der Waals surface area contributed by atoms with Gasteiger partial charge in [0.05, 0.1) is 12.1 Å². The average Bonchev–Trinajstić information content (AvgIpc) is 3.19. The number of hydroxylamine groups is 1. The standard InChI is InChI=1S/C22H27N3O6S/c1-22(21(26)24-27,32(3,28)29)10-11-25-15-18-14-17(6-9-20(18)23-25)16-4-7-19(8-5-16)31-13-12-30-2/h4-9,14-15,27H,10-13H2,1-3H3,(H,24,26). The number of ether oxygens (including phenoxy) is 2. The number of aromatic nitrogens is 2. The predicted molar refractivity (Wildman–Crippen MR) is 120 cm³/mol. The summed E-state index contributed by atoms with van der Waals surface area (Å²) in [6.45, 7) is 2.49. The molecule has 1 amide bonds. The second-order valence-corrected chi connectivity index (χ2v) is 10.2. The van der Waals surface area contributed by atoms with Gasteiger partial charge in [0.15, 0.2) is 14.6 Å². The number of methoxy groups -OCH3 is 1. The normalized spacial score (nSPS) is 13.6. The van der Waals surface area contributed by atoms with Crippen molar-refractivity contribution in [1.82, 2.24) is 15.3 Å². The third-order valence-corrected chi connectivity index (χ3v) is 7.54. The molecule has 1 atom stereocenters. The van der Waals surface area contributed by atoms with E-state index in [2.05, 4.69) is 5.10 Å². The van der Waals surface area contributed by atoms with Gasteiger partial charge in [-0.2, -0.15) is 5.10 Å². The van der Waals surface area contributed by atoms with Crippen molar-refractivity contribution in [2.75, 3.05) is 26.6 Å². The molecular formula is C22H27N3O6S. The van der Waals surface area contributed by atoms with Crippen LogP contribution < -0.4 is 10.2 Å². The van der Waals surface area contributed by atoms with Crippen LogP contribution in [-0.4, -0.2) is 60.6 Å². The van der Waals surface area contributed by atoms with E-state index < -0.39 is 20.5 Å². The lowest BCUT2D eigenvalue weighted by atomic mass is 10.0. The topological polar surface area (TPSA) is 120 Å². The minimum atomic E-state index is -3.76. The van der Waals surface area contributed by atoms with E-state index in [4.69, 9.17) is 14.7 Å². The number of fused-ring (bicyclic) bond motifs is 1. The molecule has 10 heteroatoms. The third-order valence-electron chi connectivity index (χ3n) is 5.51. The van der Waals surface area contributed by atoms with Crippen molar-refractivity contribution in [3.8, 4) is 16.9 Å². The highest BCUT2D eigenvalue weighted by Crippen LogP contribution is 2.27. The van der Waals surface area contributed by atoms with E-state index in [1.54, 1.807) is 18.0 Å². The summed E-state index contributed by atoms with van der Waals surface area (Å²) in [4.78, 5) is 12.0. The first-order chi connectivity index (χ1) is 15.2. The summed E-state index contributed by atoms with van der Waals surface area (Å²) >= 11 is 0. The van der Waals surface area contributed by atoms with Gasteiger partial charge in [-0.1, -0.05) is 18.2 Å². The molecule has 0 aliphatic carbocycles. The maximum Gasteiger partial charge on any atom is 0.264 e. The van der Waals surface area contributed by atoms with Crippen molar-refractivity contribution in [2.24, 2.45) is 0 Å². The Morgan fingerprint density at radius 2 is 1.84 bits per heavy atom. The van der Waals surface area contributed by atoms with Gasteiger partial charge in [-0.15, -0.1) is 0 Å². The minimum Gasteiger partial charge on any atom is -0.491 e. The van der Waals surface area contributed by atoms with Gasteiger partial charge in [-0.05, 0) is 48.7 Å². The summed E-state index contributed by atoms with van der Waals surface area (Å²) in [5, 5.41) is 14.3. The quantitative estimate of drug-likeness (QED) is 0.270. The Hall–Kier alpha value is -2.95. The number of hydrogen-bond donors (Lipinski definition) is 2. The van der Waals surface area contributed by atoms with Crippen molar-refractivity contribution >= 4 is 26.6 Å². The van der Waals surface area contributed by atoms with Crippen molar-refractivity contribution in [3.63, 3.8) is 0 Å². The van der Waals surface area contributed by atoms with E-state index >= 15 is 0 Å². The van der Waals surface area contributed by atoms with E-state index in [9.17, 15) is 13.2 Å². The van der Waals surface area contributed by atoms with Gasteiger partial charge < -0.3 is 9.47 Å². The number of nitrogens with one attached hydrogen (secondary N) is 1. The Bertz CT molecular complexity index is 1190. The number of carbonyl (C=O) groups excluding carboxylic acids is 1. The highest BCUT2D eigenvalue weighted by atomic mass is 32.2. The van der Waals surface area contributed by atoms with Gasteiger partial charge in [0, 0.05) is 31.5 Å². The summed E-state index contributed by atoms with van der Waals surface area (Å²) < 4.78 is 34.7. The maximum atomic E-state index is 12.1. The maximum absolute atomic E-state index is 12.1. The molecule has 0 spiro atoms. The number of benzene rings is 2. The van der Waals surface area contributed by atoms with Crippen LogP contribution in [-0.2, 0) is 25.9 Å². The first-order valence-electron chi connectivity index (χ1n) is 10.0. The van der Waals surface area contributed by atoms with Gasteiger partial charge in [0.25, 0.3) is 5.91 Å². The fourth-order valence-corrected chi connectivity index (χ4v) is 4.12. The third kappa shape index (κ3) is 5.09. The lowest BCUT2D eigenvalue weighted by Crippen LogP contribution is -2.49. The lowest BCUT2D eigenvalue weighted by Gasteiger charge is -2.24. The molecule has 0 saturated carbocycles. The molecule has 0 aliphatic heterocycles. The predicted octanol–water partition coefficient (Wildman–Crippen LogP) is 2.43. The van der Waals surface area contributed by atoms with E-state index in [1.165, 1.54) is 12.4 Å². The van der Waals surface area contributed by atoms with E-state index in [0.29, 0.717) is 13.2 Å². The molecule has 0 saturated heterocycles. The number of hydrogen-bond acceptors (Lipinski definition) is 7. The Morgan fingerprint density at radius 1 is 1.16 bits per heavy atom. The number of carbonyl (C=O) groups is 1. The molecule has 0 radical (unpaired) electrons. The molecular weight excluding hydrogens is 434 g/mol. The molecule has 0 fully saturated rings. The molecule has 1 heterocycles. The van der Waals surface area contributed by atoms with Crippen LogP contribution in [0.1, 0.15) is 13.3 Å². The number of rotatable bonds is 10. The Morgan fingerprint density at radius 3 is 2.47 bits per heavy atom.